The Labute approximate surface area is 188 Å². The summed E-state index contributed by atoms with van der Waals surface area (Å²) in [5.41, 5.74) is 2.64. The summed E-state index contributed by atoms with van der Waals surface area (Å²) in [6, 6.07) is 22.8. The molecule has 29 heavy (non-hydrogen) atoms. The number of benzene rings is 3. The first-order valence-corrected chi connectivity index (χ1v) is 10.5. The average Bonchev–Trinajstić information content (AvgIpc) is 2.73. The third-order valence-corrected chi connectivity index (χ3v) is 5.57. The summed E-state index contributed by atoms with van der Waals surface area (Å²) < 4.78 is 7.02. The fraction of sp³-hybridized carbons (Fsp3) is 0.182. The summed E-state index contributed by atoms with van der Waals surface area (Å²) in [5, 5.41) is 7.32. The van der Waals surface area contributed by atoms with E-state index in [1.54, 1.807) is 18.2 Å². The molecule has 0 fully saturated rings. The summed E-state index contributed by atoms with van der Waals surface area (Å²) in [5.74, 6) is 0. The van der Waals surface area contributed by atoms with Gasteiger partial charge in [-0.2, -0.15) is 0 Å². The molecule has 0 saturated carbocycles. The fourth-order valence-electron chi connectivity index (χ4n) is 2.88. The maximum absolute atomic E-state index is 11.6. The molecule has 0 aromatic heterocycles. The highest BCUT2D eigenvalue weighted by Crippen LogP contribution is 2.32. The standard InChI is InChI=1S/C22H19BrCl2N2O2/c23-18-8-4-7-16(11-18)21(14-26-13-15-5-2-1-3-6-15)29-22(27-28)17-9-10-19(24)20(25)12-17/h1-12,21-22,26H,13-14H2. The molecule has 0 heterocycles. The molecule has 150 valence electrons. The van der Waals surface area contributed by atoms with Crippen LogP contribution in [0, 0.1) is 4.91 Å². The van der Waals surface area contributed by atoms with Crippen LogP contribution in [0.25, 0.3) is 0 Å². The number of nitroso groups, excluding NO2 is 1. The lowest BCUT2D eigenvalue weighted by Gasteiger charge is -2.22. The van der Waals surface area contributed by atoms with Crippen molar-refractivity contribution in [3.05, 3.63) is 109 Å². The first kappa shape index (κ1) is 21.9. The molecule has 0 saturated heterocycles. The molecule has 0 aliphatic rings. The van der Waals surface area contributed by atoms with Crippen LogP contribution in [0.3, 0.4) is 0 Å². The van der Waals surface area contributed by atoms with E-state index in [1.807, 2.05) is 54.6 Å². The number of nitrogens with one attached hydrogen (secondary N) is 1. The summed E-state index contributed by atoms with van der Waals surface area (Å²) in [6.45, 7) is 1.18. The van der Waals surface area contributed by atoms with Crippen molar-refractivity contribution in [2.24, 2.45) is 5.18 Å². The van der Waals surface area contributed by atoms with Crippen molar-refractivity contribution in [3.8, 4) is 0 Å². The molecule has 0 aliphatic heterocycles. The van der Waals surface area contributed by atoms with Gasteiger partial charge < -0.3 is 10.1 Å². The number of hydrogen-bond acceptors (Lipinski definition) is 4. The van der Waals surface area contributed by atoms with Gasteiger partial charge in [0.25, 0.3) is 0 Å². The molecule has 0 bridgehead atoms. The van der Waals surface area contributed by atoms with Crippen LogP contribution in [-0.4, -0.2) is 6.54 Å². The van der Waals surface area contributed by atoms with Crippen LogP contribution < -0.4 is 5.32 Å². The van der Waals surface area contributed by atoms with Gasteiger partial charge in [0.05, 0.1) is 16.1 Å². The molecular formula is C22H19BrCl2N2O2. The molecule has 7 heteroatoms. The number of ether oxygens (including phenoxy) is 1. The van der Waals surface area contributed by atoms with E-state index in [0.29, 0.717) is 28.7 Å². The normalized spacial score (nSPS) is 13.1. The summed E-state index contributed by atoms with van der Waals surface area (Å²) in [6.07, 6.45) is -1.40. The van der Waals surface area contributed by atoms with E-state index in [0.717, 1.165) is 15.6 Å². The third kappa shape index (κ3) is 6.36. The molecule has 3 aromatic rings. The number of halogens is 3. The quantitative estimate of drug-likeness (QED) is 0.324. The Bertz CT molecular complexity index is 957. The van der Waals surface area contributed by atoms with Crippen molar-refractivity contribution in [3.63, 3.8) is 0 Å². The largest absolute Gasteiger partial charge is 0.340 e. The highest BCUT2D eigenvalue weighted by atomic mass is 79.9. The van der Waals surface area contributed by atoms with Crippen LogP contribution in [0.4, 0.5) is 0 Å². The van der Waals surface area contributed by atoms with Gasteiger partial charge in [-0.25, -0.2) is 0 Å². The van der Waals surface area contributed by atoms with E-state index in [9.17, 15) is 4.91 Å². The predicted octanol–water partition coefficient (Wildman–Crippen LogP) is 7.07. The molecule has 3 rings (SSSR count). The topological polar surface area (TPSA) is 50.7 Å². The molecule has 0 aliphatic carbocycles. The van der Waals surface area contributed by atoms with E-state index in [4.69, 9.17) is 27.9 Å². The van der Waals surface area contributed by atoms with Crippen molar-refractivity contribution >= 4 is 39.1 Å². The Morgan fingerprint density at radius 2 is 1.72 bits per heavy atom. The zero-order valence-corrected chi connectivity index (χ0v) is 18.5. The molecule has 0 spiro atoms. The molecule has 0 amide bonds. The van der Waals surface area contributed by atoms with E-state index in [1.165, 1.54) is 0 Å². The van der Waals surface area contributed by atoms with Crippen LogP contribution in [0.2, 0.25) is 10.0 Å². The average molecular weight is 494 g/mol. The highest BCUT2D eigenvalue weighted by molar-refractivity contribution is 9.10. The zero-order chi connectivity index (χ0) is 20.6. The van der Waals surface area contributed by atoms with Gasteiger partial charge in [-0.15, -0.1) is 4.91 Å². The summed E-state index contributed by atoms with van der Waals surface area (Å²) >= 11 is 15.6. The van der Waals surface area contributed by atoms with Crippen molar-refractivity contribution < 1.29 is 4.74 Å². The maximum Gasteiger partial charge on any atom is 0.216 e. The van der Waals surface area contributed by atoms with Gasteiger partial charge in [0, 0.05) is 23.1 Å². The van der Waals surface area contributed by atoms with Gasteiger partial charge >= 0.3 is 0 Å². The molecule has 2 atom stereocenters. The highest BCUT2D eigenvalue weighted by Gasteiger charge is 2.21. The predicted molar refractivity (Wildman–Crippen MR) is 121 cm³/mol. The van der Waals surface area contributed by atoms with Gasteiger partial charge in [0.2, 0.25) is 6.23 Å². The number of hydrogen-bond donors (Lipinski definition) is 1. The molecular weight excluding hydrogens is 475 g/mol. The number of rotatable bonds is 9. The van der Waals surface area contributed by atoms with Gasteiger partial charge in [0.1, 0.15) is 0 Å². The maximum atomic E-state index is 11.6. The van der Waals surface area contributed by atoms with E-state index >= 15 is 0 Å². The molecule has 1 N–H and O–H groups in total. The second kappa shape index (κ2) is 10.9. The Kier molecular flexibility index (Phi) is 8.21. The Morgan fingerprint density at radius 1 is 0.931 bits per heavy atom. The van der Waals surface area contributed by atoms with Crippen LogP contribution in [0.5, 0.6) is 0 Å². The van der Waals surface area contributed by atoms with E-state index in [-0.39, 0.29) is 0 Å². The van der Waals surface area contributed by atoms with Crippen LogP contribution in [-0.2, 0) is 11.3 Å². The minimum atomic E-state index is -1.01. The van der Waals surface area contributed by atoms with Crippen molar-refractivity contribution in [1.29, 1.82) is 0 Å². The minimum absolute atomic E-state index is 0.350. The summed E-state index contributed by atoms with van der Waals surface area (Å²) in [7, 11) is 0. The van der Waals surface area contributed by atoms with Crippen LogP contribution >= 0.6 is 39.1 Å². The van der Waals surface area contributed by atoms with Gasteiger partial charge in [-0.3, -0.25) is 0 Å². The van der Waals surface area contributed by atoms with Crippen molar-refractivity contribution in [1.82, 2.24) is 5.32 Å². The van der Waals surface area contributed by atoms with Crippen LogP contribution in [0.15, 0.2) is 82.4 Å². The van der Waals surface area contributed by atoms with Gasteiger partial charge in [0.15, 0.2) is 0 Å². The van der Waals surface area contributed by atoms with Gasteiger partial charge in [-0.1, -0.05) is 87.7 Å². The van der Waals surface area contributed by atoms with Crippen LogP contribution in [0.1, 0.15) is 29.0 Å². The first-order valence-electron chi connectivity index (χ1n) is 9.00. The second-order valence-corrected chi connectivity index (χ2v) is 8.16. The second-order valence-electron chi connectivity index (χ2n) is 6.43. The third-order valence-electron chi connectivity index (χ3n) is 4.34. The lowest BCUT2D eigenvalue weighted by atomic mass is 10.1. The Morgan fingerprint density at radius 3 is 2.41 bits per heavy atom. The van der Waals surface area contributed by atoms with E-state index < -0.39 is 12.3 Å². The lowest BCUT2D eigenvalue weighted by molar-refractivity contribution is -0.0108. The smallest absolute Gasteiger partial charge is 0.216 e. The molecule has 0 radical (unpaired) electrons. The Hall–Kier alpha value is -1.76. The minimum Gasteiger partial charge on any atom is -0.340 e. The van der Waals surface area contributed by atoms with Crippen molar-refractivity contribution in [2.75, 3.05) is 6.54 Å². The monoisotopic (exact) mass is 492 g/mol. The number of nitrogens with zero attached hydrogens (tertiary/aromatic N) is 1. The molecule has 3 aromatic carbocycles. The summed E-state index contributed by atoms with van der Waals surface area (Å²) in [4.78, 5) is 11.6. The first-order chi connectivity index (χ1) is 14.1. The molecule has 2 unspecified atom stereocenters. The SMILES string of the molecule is O=NC(OC(CNCc1ccccc1)c1cccc(Br)c1)c1ccc(Cl)c(Cl)c1. The molecule has 4 nitrogen and oxygen atoms in total. The van der Waals surface area contributed by atoms with Gasteiger partial charge in [-0.05, 0) is 40.6 Å². The van der Waals surface area contributed by atoms with Crippen molar-refractivity contribution in [2.45, 2.75) is 18.9 Å². The zero-order valence-electron chi connectivity index (χ0n) is 15.4. The fourth-order valence-corrected chi connectivity index (χ4v) is 3.60. The Balaban J connectivity index is 1.77. The lowest BCUT2D eigenvalue weighted by Crippen LogP contribution is -2.24. The van der Waals surface area contributed by atoms with E-state index in [2.05, 4.69) is 26.4 Å².